The maximum atomic E-state index is 5.26. The molecule has 0 aliphatic carbocycles. The molecule has 1 heterocycles. The summed E-state index contributed by atoms with van der Waals surface area (Å²) < 4.78 is 5.26. The van der Waals surface area contributed by atoms with Crippen molar-refractivity contribution in [2.45, 2.75) is 6.04 Å². The van der Waals surface area contributed by atoms with Gasteiger partial charge in [-0.1, -0.05) is 60.7 Å². The molecule has 20 heavy (non-hydrogen) atoms. The Hall–Kier alpha value is -1.64. The predicted octanol–water partition coefficient (Wildman–Crippen LogP) is 3.35. The van der Waals surface area contributed by atoms with Gasteiger partial charge in [0.05, 0.1) is 12.6 Å². The standard InChI is InChI=1S/C18H21NO/c1-20-14-15-12-19(13-15)18(16-8-4-2-5-9-16)17-10-6-3-7-11-17/h2-11,15,18H,12-14H2,1H3. The minimum Gasteiger partial charge on any atom is -0.384 e. The van der Waals surface area contributed by atoms with Crippen molar-refractivity contribution in [2.24, 2.45) is 5.92 Å². The van der Waals surface area contributed by atoms with Crippen molar-refractivity contribution in [3.63, 3.8) is 0 Å². The molecule has 2 nitrogen and oxygen atoms in total. The molecule has 2 aromatic carbocycles. The van der Waals surface area contributed by atoms with Crippen LogP contribution < -0.4 is 0 Å². The summed E-state index contributed by atoms with van der Waals surface area (Å²) in [6, 6.07) is 21.9. The molecule has 1 aliphatic heterocycles. The monoisotopic (exact) mass is 267 g/mol. The molecule has 1 saturated heterocycles. The highest BCUT2D eigenvalue weighted by Crippen LogP contribution is 2.34. The first-order chi connectivity index (χ1) is 9.88. The maximum absolute atomic E-state index is 5.26. The SMILES string of the molecule is COCC1CN(C(c2ccccc2)c2ccccc2)C1. The van der Waals surface area contributed by atoms with Crippen LogP contribution in [0.5, 0.6) is 0 Å². The quantitative estimate of drug-likeness (QED) is 0.823. The molecule has 0 amide bonds. The smallest absolute Gasteiger partial charge is 0.0602 e. The molecule has 0 saturated carbocycles. The lowest BCUT2D eigenvalue weighted by Gasteiger charge is -2.44. The van der Waals surface area contributed by atoms with Gasteiger partial charge in [0.25, 0.3) is 0 Å². The first-order valence-corrected chi connectivity index (χ1v) is 7.21. The van der Waals surface area contributed by atoms with Crippen LogP contribution in [0.15, 0.2) is 60.7 Å². The van der Waals surface area contributed by atoms with Gasteiger partial charge in [-0.25, -0.2) is 0 Å². The van der Waals surface area contributed by atoms with E-state index in [2.05, 4.69) is 65.6 Å². The molecule has 0 unspecified atom stereocenters. The number of hydrogen-bond acceptors (Lipinski definition) is 2. The fraction of sp³-hybridized carbons (Fsp3) is 0.333. The van der Waals surface area contributed by atoms with Crippen LogP contribution in [0, 0.1) is 5.92 Å². The number of ether oxygens (including phenoxy) is 1. The molecule has 0 spiro atoms. The van der Waals surface area contributed by atoms with Gasteiger partial charge in [0.15, 0.2) is 0 Å². The third kappa shape index (κ3) is 2.77. The van der Waals surface area contributed by atoms with Gasteiger partial charge in [0.2, 0.25) is 0 Å². The van der Waals surface area contributed by atoms with Crippen LogP contribution in [0.2, 0.25) is 0 Å². The predicted molar refractivity (Wildman–Crippen MR) is 81.7 cm³/mol. The molecule has 0 atom stereocenters. The highest BCUT2D eigenvalue weighted by Gasteiger charge is 2.33. The second-order valence-electron chi connectivity index (χ2n) is 5.50. The molecule has 1 fully saturated rings. The van der Waals surface area contributed by atoms with E-state index < -0.39 is 0 Å². The average molecular weight is 267 g/mol. The second-order valence-corrected chi connectivity index (χ2v) is 5.50. The number of benzene rings is 2. The van der Waals surface area contributed by atoms with Crippen molar-refractivity contribution in [3.05, 3.63) is 71.8 Å². The summed E-state index contributed by atoms with van der Waals surface area (Å²) in [7, 11) is 1.79. The van der Waals surface area contributed by atoms with Crippen molar-refractivity contribution in [1.82, 2.24) is 4.90 Å². The molecular weight excluding hydrogens is 246 g/mol. The fourth-order valence-corrected chi connectivity index (χ4v) is 3.05. The number of likely N-dealkylation sites (tertiary alicyclic amines) is 1. The van der Waals surface area contributed by atoms with E-state index in [1.54, 1.807) is 7.11 Å². The van der Waals surface area contributed by atoms with Gasteiger partial charge >= 0.3 is 0 Å². The van der Waals surface area contributed by atoms with Gasteiger partial charge in [-0.3, -0.25) is 4.90 Å². The lowest BCUT2D eigenvalue weighted by atomic mass is 9.90. The Morgan fingerprint density at radius 3 is 1.90 bits per heavy atom. The first-order valence-electron chi connectivity index (χ1n) is 7.21. The Labute approximate surface area is 121 Å². The topological polar surface area (TPSA) is 12.5 Å². The van der Waals surface area contributed by atoms with E-state index in [0.29, 0.717) is 12.0 Å². The van der Waals surface area contributed by atoms with Crippen molar-refractivity contribution < 1.29 is 4.74 Å². The van der Waals surface area contributed by atoms with E-state index >= 15 is 0 Å². The zero-order valence-corrected chi connectivity index (χ0v) is 11.9. The normalized spacial score (nSPS) is 16.3. The molecule has 0 N–H and O–H groups in total. The molecule has 3 rings (SSSR count). The lowest BCUT2D eigenvalue weighted by Crippen LogP contribution is -2.50. The molecule has 2 aromatic rings. The van der Waals surface area contributed by atoms with Crippen LogP contribution in [0.4, 0.5) is 0 Å². The van der Waals surface area contributed by atoms with Gasteiger partial charge in [-0.15, -0.1) is 0 Å². The van der Waals surface area contributed by atoms with Gasteiger partial charge in [-0.2, -0.15) is 0 Å². The van der Waals surface area contributed by atoms with E-state index in [4.69, 9.17) is 4.74 Å². The third-order valence-electron chi connectivity index (χ3n) is 3.98. The zero-order chi connectivity index (χ0) is 13.8. The molecule has 0 bridgehead atoms. The number of rotatable bonds is 5. The Balaban J connectivity index is 1.83. The summed E-state index contributed by atoms with van der Waals surface area (Å²) in [5.74, 6) is 0.676. The first kappa shape index (κ1) is 13.3. The van der Waals surface area contributed by atoms with Gasteiger partial charge in [-0.05, 0) is 11.1 Å². The number of methoxy groups -OCH3 is 1. The van der Waals surface area contributed by atoms with Crippen LogP contribution in [0.25, 0.3) is 0 Å². The Kier molecular flexibility index (Phi) is 4.14. The van der Waals surface area contributed by atoms with E-state index in [1.807, 2.05) is 0 Å². The Bertz CT molecular complexity index is 480. The van der Waals surface area contributed by atoms with E-state index in [9.17, 15) is 0 Å². The zero-order valence-electron chi connectivity index (χ0n) is 11.9. The van der Waals surface area contributed by atoms with Crippen LogP contribution in [0.1, 0.15) is 17.2 Å². The number of hydrogen-bond donors (Lipinski definition) is 0. The van der Waals surface area contributed by atoms with Crippen LogP contribution >= 0.6 is 0 Å². The van der Waals surface area contributed by atoms with Crippen molar-refractivity contribution in [2.75, 3.05) is 26.8 Å². The highest BCUT2D eigenvalue weighted by molar-refractivity contribution is 5.32. The highest BCUT2D eigenvalue weighted by atomic mass is 16.5. The van der Waals surface area contributed by atoms with Crippen LogP contribution in [-0.2, 0) is 4.74 Å². The molecular formula is C18H21NO. The largest absolute Gasteiger partial charge is 0.384 e. The minimum absolute atomic E-state index is 0.366. The summed E-state index contributed by atoms with van der Waals surface area (Å²) in [6.07, 6.45) is 0. The Morgan fingerprint density at radius 2 is 1.45 bits per heavy atom. The maximum Gasteiger partial charge on any atom is 0.0602 e. The third-order valence-corrected chi connectivity index (χ3v) is 3.98. The molecule has 0 aromatic heterocycles. The molecule has 1 aliphatic rings. The lowest BCUT2D eigenvalue weighted by molar-refractivity contribution is 0.0154. The molecule has 0 radical (unpaired) electrons. The summed E-state index contributed by atoms with van der Waals surface area (Å²) >= 11 is 0. The summed E-state index contributed by atoms with van der Waals surface area (Å²) in [4.78, 5) is 2.54. The van der Waals surface area contributed by atoms with Crippen LogP contribution in [0.3, 0.4) is 0 Å². The van der Waals surface area contributed by atoms with E-state index in [-0.39, 0.29) is 0 Å². The summed E-state index contributed by atoms with van der Waals surface area (Å²) in [5.41, 5.74) is 2.74. The summed E-state index contributed by atoms with van der Waals surface area (Å²) in [6.45, 7) is 3.09. The van der Waals surface area contributed by atoms with Crippen molar-refractivity contribution in [1.29, 1.82) is 0 Å². The van der Waals surface area contributed by atoms with Crippen molar-refractivity contribution in [3.8, 4) is 0 Å². The Morgan fingerprint density at radius 1 is 0.950 bits per heavy atom. The van der Waals surface area contributed by atoms with Gasteiger partial charge < -0.3 is 4.74 Å². The van der Waals surface area contributed by atoms with Crippen molar-refractivity contribution >= 4 is 0 Å². The average Bonchev–Trinajstić information content (AvgIpc) is 2.47. The van der Waals surface area contributed by atoms with E-state index in [1.165, 1.54) is 11.1 Å². The van der Waals surface area contributed by atoms with Crippen LogP contribution in [-0.4, -0.2) is 31.7 Å². The molecule has 2 heteroatoms. The fourth-order valence-electron chi connectivity index (χ4n) is 3.05. The van der Waals surface area contributed by atoms with Gasteiger partial charge in [0.1, 0.15) is 0 Å². The van der Waals surface area contributed by atoms with Gasteiger partial charge in [0, 0.05) is 26.1 Å². The number of nitrogens with zero attached hydrogens (tertiary/aromatic N) is 1. The summed E-state index contributed by atoms with van der Waals surface area (Å²) in [5, 5.41) is 0. The van der Waals surface area contributed by atoms with E-state index in [0.717, 1.165) is 19.7 Å². The molecule has 104 valence electrons. The minimum atomic E-state index is 0.366. The second kappa shape index (κ2) is 6.21.